The summed E-state index contributed by atoms with van der Waals surface area (Å²) in [6, 6.07) is 2.62. The first kappa shape index (κ1) is 25.2. The summed E-state index contributed by atoms with van der Waals surface area (Å²) >= 11 is 0. The second kappa shape index (κ2) is 8.63. The number of aromatic nitrogens is 2. The van der Waals surface area contributed by atoms with E-state index in [1.165, 1.54) is 6.20 Å². The molecule has 11 nitrogen and oxygen atoms in total. The van der Waals surface area contributed by atoms with Crippen LogP contribution >= 0.6 is 0 Å². The van der Waals surface area contributed by atoms with Gasteiger partial charge in [-0.05, 0) is 37.5 Å². The Hall–Kier alpha value is -3.93. The predicted octanol–water partition coefficient (Wildman–Crippen LogP) is 1.32. The Labute approximate surface area is 201 Å². The molecule has 1 saturated carbocycles. The molecule has 0 bridgehead atoms. The van der Waals surface area contributed by atoms with E-state index in [1.807, 2.05) is 6.07 Å². The highest BCUT2D eigenvalue weighted by molar-refractivity contribution is 7.92. The molecule has 2 N–H and O–H groups in total. The van der Waals surface area contributed by atoms with Crippen LogP contribution in [0.15, 0.2) is 46.5 Å². The standard InChI is InChI=1S/C21H18F3N5O6S/c22-21(23,24)14-7-12(28-6-5-26-9-17(28)30)1-2-16(14)36(34,35)13-8-15(29(10-13)19(32)33)18(31)27-20(11-25)3-4-20/h1-2,5-7,9,13,15H,3-4,8,10H2,(H,27,31)(H,32,33)/t13-,15+/m1/s1. The third-order valence-electron chi connectivity index (χ3n) is 6.15. The predicted molar refractivity (Wildman–Crippen MR) is 115 cm³/mol. The summed E-state index contributed by atoms with van der Waals surface area (Å²) in [6.07, 6.45) is -3.51. The molecule has 0 unspecified atom stereocenters. The second-order valence-electron chi connectivity index (χ2n) is 8.50. The minimum absolute atomic E-state index is 0.254. The van der Waals surface area contributed by atoms with Crippen molar-refractivity contribution < 1.29 is 36.3 Å². The van der Waals surface area contributed by atoms with Gasteiger partial charge in [-0.3, -0.25) is 24.0 Å². The van der Waals surface area contributed by atoms with Gasteiger partial charge in [-0.15, -0.1) is 0 Å². The maximum Gasteiger partial charge on any atom is 0.417 e. The zero-order chi connectivity index (χ0) is 26.5. The van der Waals surface area contributed by atoms with Crippen LogP contribution in [0.5, 0.6) is 0 Å². The minimum atomic E-state index is -5.14. The molecule has 2 aromatic rings. The van der Waals surface area contributed by atoms with E-state index in [0.717, 1.165) is 23.0 Å². The number of carbonyl (C=O) groups excluding carboxylic acids is 1. The maximum absolute atomic E-state index is 13.9. The van der Waals surface area contributed by atoms with Gasteiger partial charge in [-0.2, -0.15) is 18.4 Å². The van der Waals surface area contributed by atoms with Gasteiger partial charge in [0, 0.05) is 24.6 Å². The number of hydrogen-bond donors (Lipinski definition) is 2. The van der Waals surface area contributed by atoms with Crippen molar-refractivity contribution in [1.29, 1.82) is 5.26 Å². The van der Waals surface area contributed by atoms with Gasteiger partial charge >= 0.3 is 12.3 Å². The van der Waals surface area contributed by atoms with Gasteiger partial charge < -0.3 is 10.4 Å². The fourth-order valence-electron chi connectivity index (χ4n) is 4.07. The fourth-order valence-corrected chi connectivity index (χ4v) is 5.96. The van der Waals surface area contributed by atoms with E-state index in [1.54, 1.807) is 0 Å². The van der Waals surface area contributed by atoms with Gasteiger partial charge in [0.15, 0.2) is 9.84 Å². The molecule has 1 aromatic heterocycles. The molecule has 1 saturated heterocycles. The molecule has 2 heterocycles. The average Bonchev–Trinajstić information content (AvgIpc) is 3.42. The van der Waals surface area contributed by atoms with Gasteiger partial charge in [0.1, 0.15) is 11.6 Å². The van der Waals surface area contributed by atoms with Crippen molar-refractivity contribution in [2.75, 3.05) is 6.54 Å². The second-order valence-corrected chi connectivity index (χ2v) is 10.7. The molecule has 2 aliphatic rings. The number of benzene rings is 1. The number of hydrogen-bond acceptors (Lipinski definition) is 7. The van der Waals surface area contributed by atoms with Crippen LogP contribution in [0.3, 0.4) is 0 Å². The normalized spacial score (nSPS) is 21.0. The van der Waals surface area contributed by atoms with Gasteiger partial charge in [0.05, 0.1) is 28.0 Å². The molecular weight excluding hydrogens is 507 g/mol. The summed E-state index contributed by atoms with van der Waals surface area (Å²) < 4.78 is 69.3. The first-order valence-electron chi connectivity index (χ1n) is 10.5. The Morgan fingerprint density at radius 1 is 1.28 bits per heavy atom. The van der Waals surface area contributed by atoms with E-state index in [2.05, 4.69) is 10.3 Å². The number of alkyl halides is 3. The lowest BCUT2D eigenvalue weighted by Crippen LogP contribution is -2.49. The number of likely N-dealkylation sites (tertiary alicyclic amines) is 1. The Morgan fingerprint density at radius 2 is 1.97 bits per heavy atom. The zero-order valence-corrected chi connectivity index (χ0v) is 19.1. The molecule has 0 radical (unpaired) electrons. The number of carboxylic acid groups (broad SMARTS) is 1. The Balaban J connectivity index is 1.71. The molecule has 0 spiro atoms. The number of nitriles is 1. The molecule has 2 atom stereocenters. The summed E-state index contributed by atoms with van der Waals surface area (Å²) in [5, 5.41) is 19.4. The smallest absolute Gasteiger partial charge is 0.417 e. The van der Waals surface area contributed by atoms with E-state index in [0.29, 0.717) is 29.9 Å². The zero-order valence-electron chi connectivity index (χ0n) is 18.3. The van der Waals surface area contributed by atoms with Crippen molar-refractivity contribution in [3.8, 4) is 11.8 Å². The lowest BCUT2D eigenvalue weighted by Gasteiger charge is -2.21. The first-order chi connectivity index (χ1) is 16.8. The molecule has 15 heteroatoms. The Bertz CT molecular complexity index is 1440. The molecule has 4 rings (SSSR count). The van der Waals surface area contributed by atoms with Gasteiger partial charge in [0.25, 0.3) is 5.56 Å². The number of nitrogens with one attached hydrogen (secondary N) is 1. The van der Waals surface area contributed by atoms with Crippen LogP contribution in [0.1, 0.15) is 24.8 Å². The van der Waals surface area contributed by atoms with Crippen LogP contribution in [0.4, 0.5) is 18.0 Å². The Morgan fingerprint density at radius 3 is 2.53 bits per heavy atom. The maximum atomic E-state index is 13.9. The number of amides is 2. The van der Waals surface area contributed by atoms with Gasteiger partial charge in [0.2, 0.25) is 5.91 Å². The summed E-state index contributed by atoms with van der Waals surface area (Å²) in [4.78, 5) is 39.4. The molecule has 36 heavy (non-hydrogen) atoms. The minimum Gasteiger partial charge on any atom is -0.465 e. The molecule has 2 fully saturated rings. The van der Waals surface area contributed by atoms with Gasteiger partial charge in [-0.1, -0.05) is 0 Å². The lowest BCUT2D eigenvalue weighted by atomic mass is 10.2. The number of halogens is 3. The number of nitrogens with zero attached hydrogens (tertiary/aromatic N) is 4. The van der Waals surface area contributed by atoms with Crippen LogP contribution in [0.25, 0.3) is 5.69 Å². The molecule has 1 aliphatic heterocycles. The van der Waals surface area contributed by atoms with Crippen molar-refractivity contribution in [2.24, 2.45) is 0 Å². The van der Waals surface area contributed by atoms with Crippen molar-refractivity contribution in [3.05, 3.63) is 52.7 Å². The third-order valence-corrected chi connectivity index (χ3v) is 8.34. The summed E-state index contributed by atoms with van der Waals surface area (Å²) in [5.41, 5.74) is -3.69. The number of sulfone groups is 1. The van der Waals surface area contributed by atoms with Crippen molar-refractivity contribution in [3.63, 3.8) is 0 Å². The van der Waals surface area contributed by atoms with Gasteiger partial charge in [-0.25, -0.2) is 13.2 Å². The van der Waals surface area contributed by atoms with Crippen molar-refractivity contribution in [1.82, 2.24) is 19.8 Å². The monoisotopic (exact) mass is 525 g/mol. The molecule has 1 aromatic carbocycles. The van der Waals surface area contributed by atoms with Crippen molar-refractivity contribution in [2.45, 2.75) is 47.2 Å². The molecule has 1 aliphatic carbocycles. The highest BCUT2D eigenvalue weighted by Gasteiger charge is 2.51. The fraction of sp³-hybridized carbons (Fsp3) is 0.381. The third kappa shape index (κ3) is 4.51. The average molecular weight is 525 g/mol. The number of rotatable bonds is 5. The topological polar surface area (TPSA) is 162 Å². The molecule has 190 valence electrons. The summed E-state index contributed by atoms with van der Waals surface area (Å²) in [7, 11) is -4.80. The van der Waals surface area contributed by atoms with Crippen molar-refractivity contribution >= 4 is 21.8 Å². The quantitative estimate of drug-likeness (QED) is 0.591. The largest absolute Gasteiger partial charge is 0.465 e. The summed E-state index contributed by atoms with van der Waals surface area (Å²) in [5.74, 6) is -0.891. The summed E-state index contributed by atoms with van der Waals surface area (Å²) in [6.45, 7) is -0.738. The van der Waals surface area contributed by atoms with Crippen LogP contribution in [-0.4, -0.2) is 63.4 Å². The highest BCUT2D eigenvalue weighted by atomic mass is 32.2. The van der Waals surface area contributed by atoms with E-state index in [-0.39, 0.29) is 5.69 Å². The first-order valence-corrected chi connectivity index (χ1v) is 12.0. The molecule has 2 amide bonds. The molecular formula is C21H18F3N5O6S. The Kier molecular flexibility index (Phi) is 6.03. The lowest BCUT2D eigenvalue weighted by molar-refractivity contribution is -0.139. The highest BCUT2D eigenvalue weighted by Crippen LogP contribution is 2.39. The number of carbonyl (C=O) groups is 2. The van der Waals surface area contributed by atoms with Crippen LogP contribution in [0, 0.1) is 11.3 Å². The van der Waals surface area contributed by atoms with Crippen LogP contribution in [0.2, 0.25) is 0 Å². The van der Waals surface area contributed by atoms with E-state index < -0.39 is 73.8 Å². The van der Waals surface area contributed by atoms with E-state index in [4.69, 9.17) is 5.26 Å². The SMILES string of the molecule is N#CC1(NC(=O)[C@@H]2C[C@@H](S(=O)(=O)c3ccc(-n4ccncc4=O)cc3C(F)(F)F)CN2C(=O)O)CC1. The van der Waals surface area contributed by atoms with E-state index >= 15 is 0 Å². The van der Waals surface area contributed by atoms with E-state index in [9.17, 15) is 41.1 Å². The van der Waals surface area contributed by atoms with Crippen LogP contribution in [-0.2, 0) is 20.8 Å². The van der Waals surface area contributed by atoms with Crippen LogP contribution < -0.4 is 10.9 Å².